The van der Waals surface area contributed by atoms with Crippen LogP contribution in [0.1, 0.15) is 27.9 Å². The van der Waals surface area contributed by atoms with Gasteiger partial charge in [-0.25, -0.2) is 0 Å². The van der Waals surface area contributed by atoms with E-state index in [1.807, 2.05) is 24.9 Å². The summed E-state index contributed by atoms with van der Waals surface area (Å²) < 4.78 is 7.43. The van der Waals surface area contributed by atoms with Gasteiger partial charge in [0.15, 0.2) is 0 Å². The van der Waals surface area contributed by atoms with Gasteiger partial charge in [0.05, 0.1) is 19.4 Å². The van der Waals surface area contributed by atoms with E-state index in [2.05, 4.69) is 29.9 Å². The second-order valence-electron chi connectivity index (χ2n) is 6.13. The van der Waals surface area contributed by atoms with Gasteiger partial charge in [0.1, 0.15) is 0 Å². The maximum Gasteiger partial charge on any atom is 0.246 e. The van der Waals surface area contributed by atoms with E-state index in [0.717, 1.165) is 29.8 Å². The molecule has 0 bridgehead atoms. The van der Waals surface area contributed by atoms with Gasteiger partial charge in [0.2, 0.25) is 5.91 Å². The number of carbonyl (C=O) groups excluding carboxylic acids is 1. The van der Waals surface area contributed by atoms with Crippen molar-refractivity contribution in [3.05, 3.63) is 65.0 Å². The molecule has 0 fully saturated rings. The molecule has 0 saturated heterocycles. The van der Waals surface area contributed by atoms with E-state index in [4.69, 9.17) is 4.74 Å². The Morgan fingerprint density at radius 2 is 2.21 bits per heavy atom. The summed E-state index contributed by atoms with van der Waals surface area (Å²) in [5, 5.41) is 4.26. The van der Waals surface area contributed by atoms with Gasteiger partial charge in [-0.2, -0.15) is 5.10 Å². The fourth-order valence-electron chi connectivity index (χ4n) is 3.06. The Morgan fingerprint density at radius 3 is 2.92 bits per heavy atom. The number of benzene rings is 1. The molecule has 3 rings (SSSR count). The van der Waals surface area contributed by atoms with Crippen molar-refractivity contribution in [3.63, 3.8) is 0 Å². The topological polar surface area (TPSA) is 47.4 Å². The minimum atomic E-state index is -0.0763. The highest BCUT2D eigenvalue weighted by molar-refractivity contribution is 5.87. The van der Waals surface area contributed by atoms with Gasteiger partial charge in [-0.3, -0.25) is 9.48 Å². The van der Waals surface area contributed by atoms with Gasteiger partial charge >= 0.3 is 0 Å². The third-order valence-corrected chi connectivity index (χ3v) is 4.68. The Balaban J connectivity index is 1.86. The van der Waals surface area contributed by atoms with E-state index in [9.17, 15) is 4.79 Å². The Hall–Kier alpha value is -2.40. The monoisotopic (exact) mass is 325 g/mol. The van der Waals surface area contributed by atoms with Gasteiger partial charge < -0.3 is 9.64 Å². The third-order valence-electron chi connectivity index (χ3n) is 4.68. The molecule has 2 heterocycles. The summed E-state index contributed by atoms with van der Waals surface area (Å²) in [6.45, 7) is 8.11. The van der Waals surface area contributed by atoms with Crippen LogP contribution >= 0.6 is 0 Å². The molecule has 1 amide bonds. The number of carbonyl (C=O) groups is 1. The van der Waals surface area contributed by atoms with Crippen molar-refractivity contribution in [2.75, 3.05) is 6.61 Å². The summed E-state index contributed by atoms with van der Waals surface area (Å²) >= 11 is 0. The maximum atomic E-state index is 12.4. The Bertz CT molecular complexity index is 764. The van der Waals surface area contributed by atoms with E-state index >= 15 is 0 Å². The zero-order valence-corrected chi connectivity index (χ0v) is 14.3. The van der Waals surface area contributed by atoms with E-state index in [-0.39, 0.29) is 5.91 Å². The van der Waals surface area contributed by atoms with Crippen LogP contribution < -0.4 is 0 Å². The molecule has 0 unspecified atom stereocenters. The molecule has 0 spiro atoms. The van der Waals surface area contributed by atoms with Crippen LogP contribution in [0.5, 0.6) is 0 Å². The van der Waals surface area contributed by atoms with E-state index in [0.29, 0.717) is 19.7 Å². The Labute approximate surface area is 142 Å². The first kappa shape index (κ1) is 16.5. The van der Waals surface area contributed by atoms with E-state index in [1.54, 1.807) is 4.90 Å². The number of amides is 1. The lowest BCUT2D eigenvalue weighted by Gasteiger charge is -2.25. The van der Waals surface area contributed by atoms with Crippen LogP contribution in [0.25, 0.3) is 0 Å². The number of nitrogens with zero attached hydrogens (tertiary/aromatic N) is 3. The van der Waals surface area contributed by atoms with Crippen molar-refractivity contribution in [3.8, 4) is 0 Å². The average molecular weight is 325 g/mol. The summed E-state index contributed by atoms with van der Waals surface area (Å²) in [6.07, 6.45) is 4.13. The zero-order valence-electron chi connectivity index (χ0n) is 14.3. The van der Waals surface area contributed by atoms with Gasteiger partial charge in [0.25, 0.3) is 0 Å². The first-order valence-electron chi connectivity index (χ1n) is 8.16. The fourth-order valence-corrected chi connectivity index (χ4v) is 3.06. The van der Waals surface area contributed by atoms with Crippen LogP contribution in [0.15, 0.2) is 37.1 Å². The van der Waals surface area contributed by atoms with Crippen molar-refractivity contribution in [2.45, 2.75) is 33.0 Å². The summed E-state index contributed by atoms with van der Waals surface area (Å²) in [5.41, 5.74) is 5.80. The number of hydrogen-bond donors (Lipinski definition) is 0. The second kappa shape index (κ2) is 7.01. The van der Waals surface area contributed by atoms with Crippen LogP contribution in [0, 0.1) is 6.92 Å². The van der Waals surface area contributed by atoms with Crippen molar-refractivity contribution in [2.24, 2.45) is 7.05 Å². The summed E-state index contributed by atoms with van der Waals surface area (Å²) in [6, 6.07) is 6.28. The van der Waals surface area contributed by atoms with Crippen molar-refractivity contribution >= 4 is 5.91 Å². The van der Waals surface area contributed by atoms with Crippen molar-refractivity contribution < 1.29 is 9.53 Å². The van der Waals surface area contributed by atoms with E-state index in [1.165, 1.54) is 17.2 Å². The van der Waals surface area contributed by atoms with Gasteiger partial charge in [-0.15, -0.1) is 0 Å². The Kier molecular flexibility index (Phi) is 4.81. The quantitative estimate of drug-likeness (QED) is 0.794. The Morgan fingerprint density at radius 1 is 1.42 bits per heavy atom. The van der Waals surface area contributed by atoms with Crippen LogP contribution in [-0.4, -0.2) is 27.2 Å². The lowest BCUT2D eigenvalue weighted by atomic mass is 9.97. The van der Waals surface area contributed by atoms with Gasteiger partial charge in [-0.05, 0) is 36.1 Å². The van der Waals surface area contributed by atoms with Crippen LogP contribution in [0.3, 0.4) is 0 Å². The highest BCUT2D eigenvalue weighted by Gasteiger charge is 2.19. The van der Waals surface area contributed by atoms with Crippen molar-refractivity contribution in [1.29, 1.82) is 0 Å². The molecule has 1 aromatic heterocycles. The average Bonchev–Trinajstić information content (AvgIpc) is 2.92. The van der Waals surface area contributed by atoms with Gasteiger partial charge in [-0.1, -0.05) is 24.8 Å². The number of hydrogen-bond acceptors (Lipinski definition) is 3. The largest absolute Gasteiger partial charge is 0.376 e. The second-order valence-corrected chi connectivity index (χ2v) is 6.13. The normalized spacial score (nSPS) is 13.4. The predicted molar refractivity (Wildman–Crippen MR) is 92.2 cm³/mol. The first-order chi connectivity index (χ1) is 11.6. The third kappa shape index (κ3) is 3.26. The molecule has 5 heteroatoms. The molecule has 0 radical (unpaired) electrons. The zero-order chi connectivity index (χ0) is 17.1. The lowest BCUT2D eigenvalue weighted by molar-refractivity contribution is -0.127. The minimum Gasteiger partial charge on any atom is -0.376 e. The molecule has 5 nitrogen and oxygen atoms in total. The first-order valence-corrected chi connectivity index (χ1v) is 8.16. The SMILES string of the molecule is C=CC(=O)N(Cc1cccc2c1COCC2)Cc1cnn(C)c1C. The molecule has 0 N–H and O–H groups in total. The molecule has 126 valence electrons. The molecule has 2 aromatic rings. The molecular weight excluding hydrogens is 302 g/mol. The molecule has 0 saturated carbocycles. The summed E-state index contributed by atoms with van der Waals surface area (Å²) in [5.74, 6) is -0.0763. The summed E-state index contributed by atoms with van der Waals surface area (Å²) in [4.78, 5) is 14.2. The van der Waals surface area contributed by atoms with Crippen LogP contribution in [-0.2, 0) is 42.7 Å². The molecule has 0 aliphatic carbocycles. The van der Waals surface area contributed by atoms with Gasteiger partial charge in [0, 0.05) is 31.4 Å². The molecule has 1 aliphatic rings. The smallest absolute Gasteiger partial charge is 0.246 e. The van der Waals surface area contributed by atoms with Crippen LogP contribution in [0.2, 0.25) is 0 Å². The predicted octanol–water partition coefficient (Wildman–Crippen LogP) is 2.52. The molecule has 1 aromatic carbocycles. The lowest BCUT2D eigenvalue weighted by Crippen LogP contribution is -2.29. The standard InChI is InChI=1S/C19H23N3O2/c1-4-19(23)22(12-17-10-20-21(3)14(17)2)11-16-7-5-6-15-8-9-24-13-18(15)16/h4-7,10H,1,8-9,11-13H2,2-3H3. The highest BCUT2D eigenvalue weighted by Crippen LogP contribution is 2.23. The number of fused-ring (bicyclic) bond motifs is 1. The molecular formula is C19H23N3O2. The molecule has 0 atom stereocenters. The number of rotatable bonds is 5. The maximum absolute atomic E-state index is 12.4. The highest BCUT2D eigenvalue weighted by atomic mass is 16.5. The summed E-state index contributed by atoms with van der Waals surface area (Å²) in [7, 11) is 1.91. The molecule has 24 heavy (non-hydrogen) atoms. The minimum absolute atomic E-state index is 0.0763. The van der Waals surface area contributed by atoms with E-state index < -0.39 is 0 Å². The van der Waals surface area contributed by atoms with Crippen molar-refractivity contribution in [1.82, 2.24) is 14.7 Å². The van der Waals surface area contributed by atoms with Crippen LogP contribution in [0.4, 0.5) is 0 Å². The number of aromatic nitrogens is 2. The fraction of sp³-hybridized carbons (Fsp3) is 0.368. The number of ether oxygens (including phenoxy) is 1. The molecule has 1 aliphatic heterocycles. The number of aryl methyl sites for hydroxylation is 1.